The molecule has 7 nitrogen and oxygen atoms in total. The monoisotopic (exact) mass is 478 g/mol. The SMILES string of the molecule is CCOC(=O)c1[nH]c2ccc(F)cc2c1NC(=O)C(C)N1CCN(C/C=C/c2ccccc2)CC1. The number of H-pyrrole nitrogens is 1. The van der Waals surface area contributed by atoms with E-state index in [4.69, 9.17) is 4.74 Å². The summed E-state index contributed by atoms with van der Waals surface area (Å²) < 4.78 is 19.0. The minimum absolute atomic E-state index is 0.114. The molecule has 1 aliphatic heterocycles. The average Bonchev–Trinajstić information content (AvgIpc) is 3.22. The Morgan fingerprint density at radius 2 is 1.89 bits per heavy atom. The van der Waals surface area contributed by atoms with Gasteiger partial charge in [0.25, 0.3) is 0 Å². The van der Waals surface area contributed by atoms with Crippen molar-refractivity contribution in [2.45, 2.75) is 19.9 Å². The van der Waals surface area contributed by atoms with Crippen LogP contribution in [0.5, 0.6) is 0 Å². The summed E-state index contributed by atoms with van der Waals surface area (Å²) in [5, 5.41) is 3.29. The summed E-state index contributed by atoms with van der Waals surface area (Å²) in [6.07, 6.45) is 4.28. The Balaban J connectivity index is 1.38. The fourth-order valence-corrected chi connectivity index (χ4v) is 4.28. The number of nitrogens with one attached hydrogen (secondary N) is 2. The summed E-state index contributed by atoms with van der Waals surface area (Å²) in [7, 11) is 0. The summed E-state index contributed by atoms with van der Waals surface area (Å²) in [5.74, 6) is -1.30. The molecule has 0 aliphatic carbocycles. The number of ether oxygens (including phenoxy) is 1. The van der Waals surface area contributed by atoms with Gasteiger partial charge in [0.15, 0.2) is 0 Å². The normalized spacial score (nSPS) is 16.0. The number of anilines is 1. The second kappa shape index (κ2) is 11.3. The molecule has 0 saturated carbocycles. The highest BCUT2D eigenvalue weighted by molar-refractivity contribution is 6.11. The molecule has 4 rings (SSSR count). The number of rotatable bonds is 8. The minimum Gasteiger partial charge on any atom is -0.461 e. The first-order chi connectivity index (χ1) is 17.0. The van der Waals surface area contributed by atoms with Crippen molar-refractivity contribution in [3.8, 4) is 0 Å². The first kappa shape index (κ1) is 24.6. The fraction of sp³-hybridized carbons (Fsp3) is 0.333. The third-order valence-electron chi connectivity index (χ3n) is 6.30. The standard InChI is InChI=1S/C27H31FN4O3/c1-3-35-27(34)25-24(22-18-21(28)11-12-23(22)29-25)30-26(33)19(2)32-16-14-31(15-17-32)13-7-10-20-8-5-4-6-9-20/h4-12,18-19,29H,3,13-17H2,1-2H3,(H,30,33)/b10-7+. The van der Waals surface area contributed by atoms with Crippen molar-refractivity contribution in [2.75, 3.05) is 44.6 Å². The lowest BCUT2D eigenvalue weighted by atomic mass is 10.1. The number of nitrogens with zero attached hydrogens (tertiary/aromatic N) is 2. The van der Waals surface area contributed by atoms with Gasteiger partial charge in [-0.2, -0.15) is 0 Å². The van der Waals surface area contributed by atoms with Crippen molar-refractivity contribution >= 4 is 34.5 Å². The van der Waals surface area contributed by atoms with Crippen LogP contribution in [0.15, 0.2) is 54.6 Å². The molecule has 3 aromatic rings. The molecule has 2 heterocycles. The third-order valence-corrected chi connectivity index (χ3v) is 6.30. The van der Waals surface area contributed by atoms with Crippen LogP contribution in [-0.2, 0) is 9.53 Å². The Kier molecular flexibility index (Phi) is 7.94. The van der Waals surface area contributed by atoms with E-state index in [1.807, 2.05) is 25.1 Å². The van der Waals surface area contributed by atoms with Gasteiger partial charge in [-0.3, -0.25) is 14.6 Å². The van der Waals surface area contributed by atoms with Crippen molar-refractivity contribution in [1.82, 2.24) is 14.8 Å². The summed E-state index contributed by atoms with van der Waals surface area (Å²) in [4.78, 5) is 33.0. The van der Waals surface area contributed by atoms with E-state index < -0.39 is 17.8 Å². The molecule has 0 bridgehead atoms. The lowest BCUT2D eigenvalue weighted by molar-refractivity contribution is -0.121. The molecule has 8 heteroatoms. The minimum atomic E-state index is -0.593. The van der Waals surface area contributed by atoms with Crippen LogP contribution in [0, 0.1) is 5.82 Å². The molecule has 2 N–H and O–H groups in total. The Morgan fingerprint density at radius 1 is 1.14 bits per heavy atom. The summed E-state index contributed by atoms with van der Waals surface area (Å²) in [6.45, 7) is 7.80. The van der Waals surface area contributed by atoms with Crippen LogP contribution in [0.2, 0.25) is 0 Å². The molecule has 1 atom stereocenters. The van der Waals surface area contributed by atoms with Crippen LogP contribution in [-0.4, -0.2) is 72.0 Å². The van der Waals surface area contributed by atoms with E-state index in [2.05, 4.69) is 44.4 Å². The number of amides is 1. The highest BCUT2D eigenvalue weighted by Gasteiger charge is 2.28. The molecular weight excluding hydrogens is 447 g/mol. The summed E-state index contributed by atoms with van der Waals surface area (Å²) >= 11 is 0. The molecule has 1 aromatic heterocycles. The number of carbonyl (C=O) groups is 2. The van der Waals surface area contributed by atoms with E-state index in [9.17, 15) is 14.0 Å². The Hall–Kier alpha value is -3.49. The number of hydrogen-bond acceptors (Lipinski definition) is 5. The molecule has 0 radical (unpaired) electrons. The highest BCUT2D eigenvalue weighted by atomic mass is 19.1. The van der Waals surface area contributed by atoms with Gasteiger partial charge in [0.05, 0.1) is 18.3 Å². The topological polar surface area (TPSA) is 77.7 Å². The van der Waals surface area contributed by atoms with E-state index in [1.54, 1.807) is 6.92 Å². The maximum atomic E-state index is 13.9. The van der Waals surface area contributed by atoms with Crippen molar-refractivity contribution in [2.24, 2.45) is 0 Å². The van der Waals surface area contributed by atoms with Crippen LogP contribution >= 0.6 is 0 Å². The number of halogens is 1. The van der Waals surface area contributed by atoms with Crippen LogP contribution in [0.25, 0.3) is 17.0 Å². The third kappa shape index (κ3) is 5.96. The van der Waals surface area contributed by atoms with Crippen LogP contribution < -0.4 is 5.32 Å². The van der Waals surface area contributed by atoms with Gasteiger partial charge in [-0.15, -0.1) is 0 Å². The number of piperazine rings is 1. The maximum Gasteiger partial charge on any atom is 0.356 e. The molecule has 184 valence electrons. The van der Waals surface area contributed by atoms with E-state index in [1.165, 1.54) is 23.8 Å². The van der Waals surface area contributed by atoms with Gasteiger partial charge in [-0.1, -0.05) is 42.5 Å². The lowest BCUT2D eigenvalue weighted by Crippen LogP contribution is -2.52. The zero-order chi connectivity index (χ0) is 24.8. The largest absolute Gasteiger partial charge is 0.461 e. The maximum absolute atomic E-state index is 13.9. The van der Waals surface area contributed by atoms with Gasteiger partial charge in [-0.05, 0) is 37.6 Å². The Bertz CT molecular complexity index is 1200. The summed E-state index contributed by atoms with van der Waals surface area (Å²) in [6, 6.07) is 13.9. The molecule has 1 fully saturated rings. The van der Waals surface area contributed by atoms with Gasteiger partial charge in [-0.25, -0.2) is 9.18 Å². The first-order valence-corrected chi connectivity index (χ1v) is 11.9. The van der Waals surface area contributed by atoms with Crippen LogP contribution in [0.1, 0.15) is 29.9 Å². The molecule has 2 aromatic carbocycles. The molecule has 1 saturated heterocycles. The van der Waals surface area contributed by atoms with Crippen LogP contribution in [0.3, 0.4) is 0 Å². The quantitative estimate of drug-likeness (QED) is 0.476. The van der Waals surface area contributed by atoms with Gasteiger partial charge in [0, 0.05) is 43.6 Å². The number of aromatic nitrogens is 1. The number of hydrogen-bond donors (Lipinski definition) is 2. The van der Waals surface area contributed by atoms with E-state index in [0.29, 0.717) is 10.9 Å². The van der Waals surface area contributed by atoms with Crippen molar-refractivity contribution in [3.05, 3.63) is 71.7 Å². The van der Waals surface area contributed by atoms with Crippen molar-refractivity contribution < 1.29 is 18.7 Å². The molecule has 0 spiro atoms. The van der Waals surface area contributed by atoms with E-state index in [-0.39, 0.29) is 23.9 Å². The molecule has 1 unspecified atom stereocenters. The number of carbonyl (C=O) groups excluding carboxylic acids is 2. The number of fused-ring (bicyclic) bond motifs is 1. The molecule has 1 aliphatic rings. The Morgan fingerprint density at radius 3 is 2.60 bits per heavy atom. The fourth-order valence-electron chi connectivity index (χ4n) is 4.28. The second-order valence-corrected chi connectivity index (χ2v) is 8.60. The van der Waals surface area contributed by atoms with Gasteiger partial charge >= 0.3 is 5.97 Å². The predicted molar refractivity (Wildman–Crippen MR) is 136 cm³/mol. The number of esters is 1. The Labute approximate surface area is 204 Å². The van der Waals surface area contributed by atoms with E-state index in [0.717, 1.165) is 32.7 Å². The van der Waals surface area contributed by atoms with E-state index >= 15 is 0 Å². The molecule has 1 amide bonds. The van der Waals surface area contributed by atoms with Crippen molar-refractivity contribution in [3.63, 3.8) is 0 Å². The van der Waals surface area contributed by atoms with Gasteiger partial charge in [0.1, 0.15) is 11.5 Å². The molecular formula is C27H31FN4O3. The zero-order valence-corrected chi connectivity index (χ0v) is 20.1. The number of aromatic amines is 1. The predicted octanol–water partition coefficient (Wildman–Crippen LogP) is 4.14. The van der Waals surface area contributed by atoms with Crippen LogP contribution in [0.4, 0.5) is 10.1 Å². The number of benzene rings is 2. The first-order valence-electron chi connectivity index (χ1n) is 11.9. The zero-order valence-electron chi connectivity index (χ0n) is 20.1. The average molecular weight is 479 g/mol. The van der Waals surface area contributed by atoms with Gasteiger partial charge in [0.2, 0.25) is 5.91 Å². The highest BCUT2D eigenvalue weighted by Crippen LogP contribution is 2.29. The molecule has 35 heavy (non-hydrogen) atoms. The summed E-state index contributed by atoms with van der Waals surface area (Å²) in [5.41, 5.74) is 2.09. The smallest absolute Gasteiger partial charge is 0.356 e. The lowest BCUT2D eigenvalue weighted by Gasteiger charge is -2.37. The van der Waals surface area contributed by atoms with Crippen molar-refractivity contribution in [1.29, 1.82) is 0 Å². The second-order valence-electron chi connectivity index (χ2n) is 8.60. The van der Waals surface area contributed by atoms with Gasteiger partial charge < -0.3 is 15.0 Å².